The third kappa shape index (κ3) is 9.21. The van der Waals surface area contributed by atoms with Crippen LogP contribution in [0.25, 0.3) is 11.1 Å². The number of nitriles is 1. The van der Waals surface area contributed by atoms with Crippen LogP contribution in [0.3, 0.4) is 0 Å². The van der Waals surface area contributed by atoms with Crippen LogP contribution in [0.2, 0.25) is 0 Å². The van der Waals surface area contributed by atoms with Crippen LogP contribution in [0.1, 0.15) is 125 Å². The van der Waals surface area contributed by atoms with Crippen LogP contribution in [0, 0.1) is 17.2 Å². The number of hydrogen-bond acceptors (Lipinski definition) is 4. The molecule has 0 aliphatic heterocycles. The smallest absolute Gasteiger partial charge is 0.343 e. The summed E-state index contributed by atoms with van der Waals surface area (Å²) >= 11 is 0. The molecule has 3 aromatic rings. The van der Waals surface area contributed by atoms with Gasteiger partial charge in [-0.05, 0) is 97.0 Å². The molecule has 0 saturated heterocycles. The molecule has 4 nitrogen and oxygen atoms in total. The first-order valence-electron chi connectivity index (χ1n) is 16.2. The van der Waals surface area contributed by atoms with E-state index in [2.05, 4.69) is 19.9 Å². The highest BCUT2D eigenvalue weighted by Gasteiger charge is 2.24. The van der Waals surface area contributed by atoms with Gasteiger partial charge in [0.25, 0.3) is 0 Å². The largest absolute Gasteiger partial charge is 0.494 e. The zero-order valence-electron chi connectivity index (χ0n) is 25.6. The Balaban J connectivity index is 1.29. The molecule has 0 bridgehead atoms. The van der Waals surface area contributed by atoms with Crippen molar-refractivity contribution >= 4 is 5.97 Å². The second-order valence-corrected chi connectivity index (χ2v) is 11.8. The van der Waals surface area contributed by atoms with E-state index >= 15 is 0 Å². The lowest BCUT2D eigenvalue weighted by molar-refractivity contribution is 0.0734. The van der Waals surface area contributed by atoms with E-state index < -0.39 is 5.97 Å². The fourth-order valence-electron chi connectivity index (χ4n) is 6.10. The Labute approximate surface area is 253 Å². The monoisotopic (exact) mass is 565 g/mol. The van der Waals surface area contributed by atoms with Gasteiger partial charge < -0.3 is 9.47 Å². The zero-order valence-corrected chi connectivity index (χ0v) is 25.6. The van der Waals surface area contributed by atoms with Crippen molar-refractivity contribution in [3.63, 3.8) is 0 Å². The molecule has 3 aromatic carbocycles. The van der Waals surface area contributed by atoms with E-state index in [4.69, 9.17) is 9.47 Å². The van der Waals surface area contributed by atoms with E-state index in [-0.39, 0.29) is 0 Å². The molecule has 4 rings (SSSR count). The minimum atomic E-state index is -0.443. The van der Waals surface area contributed by atoms with Crippen LogP contribution < -0.4 is 9.47 Å². The first-order chi connectivity index (χ1) is 20.6. The van der Waals surface area contributed by atoms with Crippen LogP contribution in [0.15, 0.2) is 66.7 Å². The summed E-state index contributed by atoms with van der Waals surface area (Å²) in [6.45, 7) is 5.22. The van der Waals surface area contributed by atoms with Crippen LogP contribution in [-0.2, 0) is 0 Å². The summed E-state index contributed by atoms with van der Waals surface area (Å²) in [4.78, 5) is 13.0. The van der Waals surface area contributed by atoms with Crippen molar-refractivity contribution in [2.24, 2.45) is 5.92 Å². The lowest BCUT2D eigenvalue weighted by atomic mass is 9.76. The van der Waals surface area contributed by atoms with Crippen LogP contribution in [0.5, 0.6) is 11.5 Å². The Kier molecular flexibility index (Phi) is 12.5. The predicted octanol–water partition coefficient (Wildman–Crippen LogP) is 10.6. The fraction of sp³-hybridized carbons (Fsp3) is 0.474. The highest BCUT2D eigenvalue weighted by atomic mass is 16.5. The van der Waals surface area contributed by atoms with E-state index in [0.29, 0.717) is 22.8 Å². The van der Waals surface area contributed by atoms with E-state index in [9.17, 15) is 10.1 Å². The number of carbonyl (C=O) groups is 1. The molecule has 1 aliphatic rings. The van der Waals surface area contributed by atoms with Gasteiger partial charge in [0.2, 0.25) is 0 Å². The predicted molar refractivity (Wildman–Crippen MR) is 171 cm³/mol. The molecule has 42 heavy (non-hydrogen) atoms. The Bertz CT molecular complexity index is 1280. The van der Waals surface area contributed by atoms with E-state index in [0.717, 1.165) is 54.2 Å². The average molecular weight is 566 g/mol. The first kappa shape index (κ1) is 31.4. The number of nitrogens with zero attached hydrogens (tertiary/aromatic N) is 1. The van der Waals surface area contributed by atoms with Crippen LogP contribution >= 0.6 is 0 Å². The molecule has 1 fully saturated rings. The Morgan fingerprint density at radius 3 is 2.00 bits per heavy atom. The van der Waals surface area contributed by atoms with Crippen molar-refractivity contribution in [1.29, 1.82) is 5.26 Å². The first-order valence-corrected chi connectivity index (χ1v) is 16.2. The van der Waals surface area contributed by atoms with Crippen molar-refractivity contribution < 1.29 is 14.3 Å². The minimum absolute atomic E-state index is 0.399. The number of unbranched alkanes of at least 4 members (excludes halogenated alkanes) is 6. The zero-order chi connectivity index (χ0) is 29.6. The molecule has 0 amide bonds. The molecule has 4 heteroatoms. The lowest BCUT2D eigenvalue weighted by Gasteiger charge is -2.29. The number of esters is 1. The van der Waals surface area contributed by atoms with Crippen LogP contribution in [0.4, 0.5) is 0 Å². The van der Waals surface area contributed by atoms with Crippen molar-refractivity contribution in [3.8, 4) is 28.7 Å². The minimum Gasteiger partial charge on any atom is -0.494 e. The number of rotatable bonds is 15. The van der Waals surface area contributed by atoms with Crippen LogP contribution in [-0.4, -0.2) is 12.6 Å². The lowest BCUT2D eigenvalue weighted by Crippen LogP contribution is -2.15. The Morgan fingerprint density at radius 1 is 0.762 bits per heavy atom. The van der Waals surface area contributed by atoms with Gasteiger partial charge in [-0.2, -0.15) is 5.26 Å². The molecule has 0 radical (unpaired) electrons. The number of ether oxygens (including phenoxy) is 2. The topological polar surface area (TPSA) is 59.3 Å². The number of hydrogen-bond donors (Lipinski definition) is 0. The Hall–Kier alpha value is -3.58. The molecule has 0 heterocycles. The molecule has 0 spiro atoms. The fourth-order valence-corrected chi connectivity index (χ4v) is 6.10. The van der Waals surface area contributed by atoms with E-state index in [1.54, 1.807) is 6.07 Å². The molecule has 0 N–H and O–H groups in total. The summed E-state index contributed by atoms with van der Waals surface area (Å²) in [5, 5.41) is 9.88. The van der Waals surface area contributed by atoms with Crippen molar-refractivity contribution in [2.45, 2.75) is 103 Å². The number of carbonyl (C=O) groups excluding carboxylic acids is 1. The third-order valence-electron chi connectivity index (χ3n) is 8.68. The maximum atomic E-state index is 13.0. The van der Waals surface area contributed by atoms with Gasteiger partial charge in [-0.1, -0.05) is 95.5 Å². The normalized spacial score (nSPS) is 16.5. The summed E-state index contributed by atoms with van der Waals surface area (Å²) in [7, 11) is 0. The summed E-state index contributed by atoms with van der Waals surface area (Å²) in [5.41, 5.74) is 4.20. The van der Waals surface area contributed by atoms with Gasteiger partial charge in [0.05, 0.1) is 23.8 Å². The van der Waals surface area contributed by atoms with Crippen molar-refractivity contribution in [2.75, 3.05) is 6.61 Å². The quantitative estimate of drug-likeness (QED) is 0.104. The van der Waals surface area contributed by atoms with Gasteiger partial charge in [0.15, 0.2) is 0 Å². The molecule has 0 aromatic heterocycles. The van der Waals surface area contributed by atoms with E-state index in [1.165, 1.54) is 64.2 Å². The summed E-state index contributed by atoms with van der Waals surface area (Å²) in [6, 6.07) is 23.5. The molecule has 222 valence electrons. The second kappa shape index (κ2) is 16.8. The highest BCUT2D eigenvalue weighted by Crippen LogP contribution is 2.39. The average Bonchev–Trinajstić information content (AvgIpc) is 3.04. The standard InChI is InChI=1S/C38H47NO3/c1-3-5-7-9-11-29-12-14-32(15-13-29)37-25-20-33(27-34(37)28-39)38(40)42-36-23-18-31(19-24-36)30-16-21-35(22-17-30)41-26-10-8-6-4-2/h16-25,27,29,32H,3-15,26H2,1-2H3. The summed E-state index contributed by atoms with van der Waals surface area (Å²) in [6.07, 6.45) is 16.1. The van der Waals surface area contributed by atoms with Gasteiger partial charge in [-0.25, -0.2) is 4.79 Å². The third-order valence-corrected chi connectivity index (χ3v) is 8.68. The van der Waals surface area contributed by atoms with Gasteiger partial charge in [0, 0.05) is 0 Å². The molecule has 1 aliphatic carbocycles. The van der Waals surface area contributed by atoms with Gasteiger partial charge in [-0.3, -0.25) is 0 Å². The molecule has 0 atom stereocenters. The Morgan fingerprint density at radius 2 is 1.38 bits per heavy atom. The molecular weight excluding hydrogens is 518 g/mol. The maximum Gasteiger partial charge on any atom is 0.343 e. The van der Waals surface area contributed by atoms with Crippen molar-refractivity contribution in [3.05, 3.63) is 83.4 Å². The van der Waals surface area contributed by atoms with Gasteiger partial charge >= 0.3 is 5.97 Å². The molecule has 1 saturated carbocycles. The highest BCUT2D eigenvalue weighted by molar-refractivity contribution is 5.91. The SMILES string of the molecule is CCCCCCOc1ccc(-c2ccc(OC(=O)c3ccc(C4CCC(CCCCCC)CC4)c(C#N)c3)cc2)cc1. The summed E-state index contributed by atoms with van der Waals surface area (Å²) in [5.74, 6) is 2.14. The molecular formula is C38H47NO3. The maximum absolute atomic E-state index is 13.0. The van der Waals surface area contributed by atoms with E-state index in [1.807, 2.05) is 60.7 Å². The number of benzene rings is 3. The molecule has 0 unspecified atom stereocenters. The van der Waals surface area contributed by atoms with Crippen molar-refractivity contribution in [1.82, 2.24) is 0 Å². The summed E-state index contributed by atoms with van der Waals surface area (Å²) < 4.78 is 11.5. The second-order valence-electron chi connectivity index (χ2n) is 11.8. The van der Waals surface area contributed by atoms with Gasteiger partial charge in [0.1, 0.15) is 11.5 Å². The van der Waals surface area contributed by atoms with Gasteiger partial charge in [-0.15, -0.1) is 0 Å².